The summed E-state index contributed by atoms with van der Waals surface area (Å²) in [6.07, 6.45) is 0. The summed E-state index contributed by atoms with van der Waals surface area (Å²) in [6.45, 7) is 2.60. The first kappa shape index (κ1) is 12.8. The molecule has 0 fully saturated rings. The topological polar surface area (TPSA) is 37.9 Å². The van der Waals surface area contributed by atoms with E-state index in [2.05, 4.69) is 10.2 Å². The lowest BCUT2D eigenvalue weighted by Crippen LogP contribution is -1.97. The number of fused-ring (bicyclic) bond motifs is 1. The molecule has 1 heterocycles. The highest BCUT2D eigenvalue weighted by atomic mass is 32.1. The number of hydrogen-bond donors (Lipinski definition) is 1. The van der Waals surface area contributed by atoms with Gasteiger partial charge in [0.25, 0.3) is 0 Å². The molecule has 0 unspecified atom stereocenters. The van der Waals surface area contributed by atoms with Crippen molar-refractivity contribution in [2.75, 3.05) is 6.61 Å². The van der Waals surface area contributed by atoms with Crippen molar-refractivity contribution in [3.05, 3.63) is 53.2 Å². The van der Waals surface area contributed by atoms with Gasteiger partial charge in [0.1, 0.15) is 16.1 Å². The second kappa shape index (κ2) is 5.43. The monoisotopic (exact) mass is 282 g/mol. The van der Waals surface area contributed by atoms with Gasteiger partial charge in [0, 0.05) is 16.3 Å². The Balaban J connectivity index is 2.31. The van der Waals surface area contributed by atoms with Gasteiger partial charge in [0.2, 0.25) is 0 Å². The normalized spacial score (nSPS) is 10.7. The number of benzene rings is 2. The van der Waals surface area contributed by atoms with Gasteiger partial charge in [-0.1, -0.05) is 48.6 Å². The summed E-state index contributed by atoms with van der Waals surface area (Å²) < 4.78 is 6.34. The Kier molecular flexibility index (Phi) is 3.48. The summed E-state index contributed by atoms with van der Waals surface area (Å²) in [7, 11) is 0. The van der Waals surface area contributed by atoms with Crippen molar-refractivity contribution in [3.8, 4) is 17.0 Å². The van der Waals surface area contributed by atoms with Gasteiger partial charge in [-0.15, -0.1) is 0 Å². The van der Waals surface area contributed by atoms with E-state index in [-0.39, 0.29) is 0 Å². The fourth-order valence-electron chi connectivity index (χ4n) is 2.26. The average Bonchev–Trinajstić information content (AvgIpc) is 2.49. The fraction of sp³-hybridized carbons (Fsp3) is 0.125. The van der Waals surface area contributed by atoms with Crippen LogP contribution in [-0.4, -0.2) is 16.8 Å². The van der Waals surface area contributed by atoms with E-state index in [1.807, 2.05) is 55.5 Å². The zero-order valence-electron chi connectivity index (χ0n) is 11.1. The third kappa shape index (κ3) is 2.18. The number of H-pyrrole nitrogens is 1. The standard InChI is InChI=1S/C16H14N2OS/c1-2-19-14-10-6-5-9-13(14)15-11-7-3-4-8-12(11)16(20)18-17-15/h3-10H,2H2,1H3,(H,18,20). The number of aromatic amines is 1. The molecule has 0 saturated carbocycles. The van der Waals surface area contributed by atoms with E-state index in [0.29, 0.717) is 11.2 Å². The number of para-hydroxylation sites is 1. The molecule has 1 N–H and O–H groups in total. The van der Waals surface area contributed by atoms with Crippen molar-refractivity contribution in [1.82, 2.24) is 10.2 Å². The van der Waals surface area contributed by atoms with Crippen LogP contribution in [0.2, 0.25) is 0 Å². The lowest BCUT2D eigenvalue weighted by Gasteiger charge is -2.11. The van der Waals surface area contributed by atoms with E-state index < -0.39 is 0 Å². The van der Waals surface area contributed by atoms with Crippen LogP contribution in [0, 0.1) is 4.64 Å². The Hall–Kier alpha value is -2.20. The number of nitrogens with one attached hydrogen (secondary N) is 1. The van der Waals surface area contributed by atoms with Gasteiger partial charge < -0.3 is 4.74 Å². The van der Waals surface area contributed by atoms with Crippen LogP contribution in [0.5, 0.6) is 5.75 Å². The molecule has 0 amide bonds. The van der Waals surface area contributed by atoms with E-state index in [4.69, 9.17) is 17.0 Å². The minimum Gasteiger partial charge on any atom is -0.493 e. The van der Waals surface area contributed by atoms with Gasteiger partial charge >= 0.3 is 0 Å². The molecular weight excluding hydrogens is 268 g/mol. The highest BCUT2D eigenvalue weighted by Gasteiger charge is 2.11. The van der Waals surface area contributed by atoms with Crippen LogP contribution in [0.4, 0.5) is 0 Å². The molecule has 20 heavy (non-hydrogen) atoms. The molecule has 0 saturated heterocycles. The molecule has 100 valence electrons. The second-order valence-electron chi connectivity index (χ2n) is 4.38. The van der Waals surface area contributed by atoms with Gasteiger partial charge in [-0.05, 0) is 19.1 Å². The van der Waals surface area contributed by atoms with Crippen molar-refractivity contribution < 1.29 is 4.74 Å². The zero-order chi connectivity index (χ0) is 13.9. The van der Waals surface area contributed by atoms with Gasteiger partial charge in [-0.2, -0.15) is 5.10 Å². The molecule has 0 spiro atoms. The lowest BCUT2D eigenvalue weighted by atomic mass is 10.0. The third-order valence-corrected chi connectivity index (χ3v) is 3.45. The molecule has 1 aromatic heterocycles. The summed E-state index contributed by atoms with van der Waals surface area (Å²) in [5, 5.41) is 9.36. The summed E-state index contributed by atoms with van der Waals surface area (Å²) in [4.78, 5) is 0. The van der Waals surface area contributed by atoms with Gasteiger partial charge in [-0.3, -0.25) is 5.10 Å². The first-order valence-electron chi connectivity index (χ1n) is 6.51. The molecule has 0 aliphatic heterocycles. The zero-order valence-corrected chi connectivity index (χ0v) is 11.9. The van der Waals surface area contributed by atoms with Gasteiger partial charge in [-0.25, -0.2) is 0 Å². The summed E-state index contributed by atoms with van der Waals surface area (Å²) in [5.74, 6) is 0.832. The highest BCUT2D eigenvalue weighted by molar-refractivity contribution is 7.71. The molecular formula is C16H14N2OS. The average molecular weight is 282 g/mol. The Morgan fingerprint density at radius 3 is 2.55 bits per heavy atom. The Morgan fingerprint density at radius 2 is 1.75 bits per heavy atom. The van der Waals surface area contributed by atoms with Gasteiger partial charge in [0.05, 0.1) is 6.61 Å². The molecule has 3 nitrogen and oxygen atoms in total. The maximum absolute atomic E-state index is 5.69. The SMILES string of the molecule is CCOc1ccccc1-c1n[nH]c(=S)c2ccccc12. The predicted octanol–water partition coefficient (Wildman–Crippen LogP) is 4.36. The maximum Gasteiger partial charge on any atom is 0.128 e. The summed E-state index contributed by atoms with van der Waals surface area (Å²) in [5.41, 5.74) is 1.83. The Labute approximate surface area is 122 Å². The first-order valence-corrected chi connectivity index (χ1v) is 6.91. The van der Waals surface area contributed by atoms with E-state index >= 15 is 0 Å². The molecule has 0 radical (unpaired) electrons. The van der Waals surface area contributed by atoms with E-state index in [1.165, 1.54) is 0 Å². The molecule has 3 rings (SSSR count). The van der Waals surface area contributed by atoms with Crippen molar-refractivity contribution in [2.24, 2.45) is 0 Å². The molecule has 2 aromatic carbocycles. The lowest BCUT2D eigenvalue weighted by molar-refractivity contribution is 0.341. The Bertz CT molecular complexity index is 811. The van der Waals surface area contributed by atoms with Crippen LogP contribution >= 0.6 is 12.2 Å². The van der Waals surface area contributed by atoms with Crippen LogP contribution in [0.3, 0.4) is 0 Å². The number of rotatable bonds is 3. The predicted molar refractivity (Wildman–Crippen MR) is 83.5 cm³/mol. The number of nitrogens with zero attached hydrogens (tertiary/aromatic N) is 1. The first-order chi connectivity index (χ1) is 9.81. The minimum absolute atomic E-state index is 0.623. The minimum atomic E-state index is 0.623. The summed E-state index contributed by atoms with van der Waals surface area (Å²) in [6, 6.07) is 15.9. The van der Waals surface area contributed by atoms with Crippen LogP contribution in [0.15, 0.2) is 48.5 Å². The second-order valence-corrected chi connectivity index (χ2v) is 4.78. The van der Waals surface area contributed by atoms with Crippen LogP contribution in [0.25, 0.3) is 22.0 Å². The molecule has 4 heteroatoms. The van der Waals surface area contributed by atoms with Crippen molar-refractivity contribution in [1.29, 1.82) is 0 Å². The van der Waals surface area contributed by atoms with Crippen molar-refractivity contribution in [2.45, 2.75) is 6.92 Å². The quantitative estimate of drug-likeness (QED) is 0.725. The largest absolute Gasteiger partial charge is 0.493 e. The third-order valence-electron chi connectivity index (χ3n) is 3.14. The molecule has 0 bridgehead atoms. The van der Waals surface area contributed by atoms with Crippen molar-refractivity contribution in [3.63, 3.8) is 0 Å². The maximum atomic E-state index is 5.69. The fourth-order valence-corrected chi connectivity index (χ4v) is 2.49. The van der Waals surface area contributed by atoms with Gasteiger partial charge in [0.15, 0.2) is 0 Å². The molecule has 0 aliphatic carbocycles. The summed E-state index contributed by atoms with van der Waals surface area (Å²) >= 11 is 5.30. The van der Waals surface area contributed by atoms with Crippen LogP contribution < -0.4 is 4.74 Å². The number of ether oxygens (including phenoxy) is 1. The van der Waals surface area contributed by atoms with Crippen LogP contribution in [0.1, 0.15) is 6.92 Å². The van der Waals surface area contributed by atoms with E-state index in [1.54, 1.807) is 0 Å². The molecule has 3 aromatic rings. The van der Waals surface area contributed by atoms with E-state index in [0.717, 1.165) is 27.8 Å². The number of aromatic nitrogens is 2. The molecule has 0 atom stereocenters. The Morgan fingerprint density at radius 1 is 1.05 bits per heavy atom. The van der Waals surface area contributed by atoms with Crippen LogP contribution in [-0.2, 0) is 0 Å². The smallest absolute Gasteiger partial charge is 0.128 e. The van der Waals surface area contributed by atoms with Crippen molar-refractivity contribution >= 4 is 23.0 Å². The number of hydrogen-bond acceptors (Lipinski definition) is 3. The molecule has 0 aliphatic rings. The highest BCUT2D eigenvalue weighted by Crippen LogP contribution is 2.32. The van der Waals surface area contributed by atoms with E-state index in [9.17, 15) is 0 Å².